The van der Waals surface area contributed by atoms with Crippen molar-refractivity contribution in [2.75, 3.05) is 20.1 Å². The first-order valence-electron chi connectivity index (χ1n) is 7.21. The number of amides is 2. The molecule has 0 radical (unpaired) electrons. The fourth-order valence-electron chi connectivity index (χ4n) is 3.46. The monoisotopic (exact) mass is 297 g/mol. The normalized spacial score (nSPS) is 30.5. The summed E-state index contributed by atoms with van der Waals surface area (Å²) in [7, 11) is 1.65. The summed E-state index contributed by atoms with van der Waals surface area (Å²) in [5.74, 6) is 0.658. The van der Waals surface area contributed by atoms with E-state index in [9.17, 15) is 9.59 Å². The Bertz CT molecular complexity index is 424. The first kappa shape index (κ1) is 15.2. The predicted molar refractivity (Wildman–Crippen MR) is 81.0 cm³/mol. The molecule has 6 heteroatoms. The molecule has 0 bridgehead atoms. The van der Waals surface area contributed by atoms with Crippen LogP contribution in [-0.4, -0.2) is 41.8 Å². The molecule has 0 aromatic carbocycles. The molecule has 1 saturated carbocycles. The van der Waals surface area contributed by atoms with E-state index in [0.717, 1.165) is 12.8 Å². The Hall–Kier alpha value is -1.17. The van der Waals surface area contributed by atoms with Crippen LogP contribution < -0.4 is 11.1 Å². The standard InChI is InChI=1S/C14H23N3O2S/c1-9-7-14(8-9,12(15)20)13(19)17-5-3-10(4-6-17)11(18)16-2/h9-10H,3-8H2,1-2H3,(H2,15,20)(H,16,18). The lowest BCUT2D eigenvalue weighted by Gasteiger charge is -2.47. The van der Waals surface area contributed by atoms with Gasteiger partial charge in [-0.3, -0.25) is 9.59 Å². The highest BCUT2D eigenvalue weighted by Gasteiger charge is 2.52. The van der Waals surface area contributed by atoms with Crippen LogP contribution in [0.15, 0.2) is 0 Å². The summed E-state index contributed by atoms with van der Waals surface area (Å²) in [5, 5.41) is 2.67. The van der Waals surface area contributed by atoms with E-state index in [1.165, 1.54) is 0 Å². The van der Waals surface area contributed by atoms with Crippen molar-refractivity contribution in [2.45, 2.75) is 32.6 Å². The van der Waals surface area contributed by atoms with Crippen molar-refractivity contribution < 1.29 is 9.59 Å². The van der Waals surface area contributed by atoms with E-state index in [2.05, 4.69) is 12.2 Å². The molecule has 2 aliphatic rings. The van der Waals surface area contributed by atoms with Gasteiger partial charge in [0.25, 0.3) is 0 Å². The van der Waals surface area contributed by atoms with Crippen LogP contribution in [0.1, 0.15) is 32.6 Å². The second-order valence-corrected chi connectivity index (χ2v) is 6.58. The lowest BCUT2D eigenvalue weighted by Crippen LogP contribution is -2.58. The number of piperidine rings is 1. The minimum absolute atomic E-state index is 0.0187. The Morgan fingerprint density at radius 3 is 2.25 bits per heavy atom. The predicted octanol–water partition coefficient (Wildman–Crippen LogP) is 0.673. The topological polar surface area (TPSA) is 75.4 Å². The van der Waals surface area contributed by atoms with Gasteiger partial charge < -0.3 is 16.0 Å². The van der Waals surface area contributed by atoms with Crippen LogP contribution in [-0.2, 0) is 9.59 Å². The lowest BCUT2D eigenvalue weighted by molar-refractivity contribution is -0.146. The smallest absolute Gasteiger partial charge is 0.235 e. The van der Waals surface area contributed by atoms with Crippen molar-refractivity contribution in [3.05, 3.63) is 0 Å². The van der Waals surface area contributed by atoms with Gasteiger partial charge in [0, 0.05) is 26.1 Å². The van der Waals surface area contributed by atoms with Crippen molar-refractivity contribution >= 4 is 29.0 Å². The summed E-state index contributed by atoms with van der Waals surface area (Å²) in [5.41, 5.74) is 5.20. The molecule has 112 valence electrons. The number of likely N-dealkylation sites (tertiary alicyclic amines) is 1. The summed E-state index contributed by atoms with van der Waals surface area (Å²) in [6.45, 7) is 3.35. The number of nitrogens with zero attached hydrogens (tertiary/aromatic N) is 1. The first-order chi connectivity index (χ1) is 9.40. The van der Waals surface area contributed by atoms with E-state index in [1.54, 1.807) is 7.05 Å². The van der Waals surface area contributed by atoms with E-state index in [-0.39, 0.29) is 17.7 Å². The van der Waals surface area contributed by atoms with Crippen LogP contribution >= 0.6 is 12.2 Å². The molecule has 1 aliphatic carbocycles. The minimum Gasteiger partial charge on any atom is -0.392 e. The maximum Gasteiger partial charge on any atom is 0.235 e. The molecule has 2 fully saturated rings. The Balaban J connectivity index is 1.98. The molecule has 1 heterocycles. The molecular weight excluding hydrogens is 274 g/mol. The molecule has 0 aromatic heterocycles. The van der Waals surface area contributed by atoms with Gasteiger partial charge in [-0.1, -0.05) is 19.1 Å². The van der Waals surface area contributed by atoms with Crippen LogP contribution in [0.3, 0.4) is 0 Å². The van der Waals surface area contributed by atoms with Gasteiger partial charge in [-0.25, -0.2) is 0 Å². The third-order valence-corrected chi connectivity index (χ3v) is 5.06. The quantitative estimate of drug-likeness (QED) is 0.751. The van der Waals surface area contributed by atoms with Crippen LogP contribution in [0.4, 0.5) is 0 Å². The lowest BCUT2D eigenvalue weighted by atomic mass is 9.61. The summed E-state index contributed by atoms with van der Waals surface area (Å²) in [4.78, 5) is 26.5. The third-order valence-electron chi connectivity index (χ3n) is 4.67. The molecular formula is C14H23N3O2S. The van der Waals surface area contributed by atoms with E-state index < -0.39 is 5.41 Å². The maximum atomic E-state index is 12.7. The van der Waals surface area contributed by atoms with Crippen molar-refractivity contribution in [2.24, 2.45) is 23.0 Å². The molecule has 0 spiro atoms. The number of carbonyl (C=O) groups is 2. The number of nitrogens with two attached hydrogens (primary N) is 1. The van der Waals surface area contributed by atoms with Gasteiger partial charge >= 0.3 is 0 Å². The molecule has 0 atom stereocenters. The van der Waals surface area contributed by atoms with Gasteiger partial charge in [-0.15, -0.1) is 0 Å². The maximum absolute atomic E-state index is 12.7. The van der Waals surface area contributed by atoms with Gasteiger partial charge in [-0.2, -0.15) is 0 Å². The number of carbonyl (C=O) groups excluding carboxylic acids is 2. The molecule has 2 rings (SSSR count). The minimum atomic E-state index is -0.616. The molecule has 20 heavy (non-hydrogen) atoms. The highest BCUT2D eigenvalue weighted by Crippen LogP contribution is 2.47. The zero-order chi connectivity index (χ0) is 14.9. The SMILES string of the molecule is CNC(=O)C1CCN(C(=O)C2(C(N)=S)CC(C)C2)CC1. The van der Waals surface area contributed by atoms with Gasteiger partial charge in [-0.05, 0) is 31.6 Å². The average Bonchev–Trinajstić information content (AvgIpc) is 2.42. The summed E-state index contributed by atoms with van der Waals surface area (Å²) in [6, 6.07) is 0. The number of hydrogen-bond donors (Lipinski definition) is 2. The summed E-state index contributed by atoms with van der Waals surface area (Å²) < 4.78 is 0. The fraction of sp³-hybridized carbons (Fsp3) is 0.786. The third kappa shape index (κ3) is 2.53. The molecule has 1 aliphatic heterocycles. The van der Waals surface area contributed by atoms with E-state index in [0.29, 0.717) is 36.8 Å². The van der Waals surface area contributed by atoms with E-state index >= 15 is 0 Å². The molecule has 0 unspecified atom stereocenters. The molecule has 2 amide bonds. The number of rotatable bonds is 3. The van der Waals surface area contributed by atoms with Gasteiger partial charge in [0.1, 0.15) is 0 Å². The second kappa shape index (κ2) is 5.68. The Morgan fingerprint density at radius 1 is 1.30 bits per heavy atom. The molecule has 1 saturated heterocycles. The van der Waals surface area contributed by atoms with Crippen molar-refractivity contribution in [1.29, 1.82) is 0 Å². The van der Waals surface area contributed by atoms with Crippen molar-refractivity contribution in [3.8, 4) is 0 Å². The fourth-order valence-corrected chi connectivity index (χ4v) is 3.72. The number of nitrogens with one attached hydrogen (secondary N) is 1. The van der Waals surface area contributed by atoms with E-state index in [1.807, 2.05) is 4.90 Å². The summed E-state index contributed by atoms with van der Waals surface area (Å²) >= 11 is 5.13. The number of thiocarbonyl (C=S) groups is 1. The Labute approximate surface area is 125 Å². The van der Waals surface area contributed by atoms with Crippen molar-refractivity contribution in [3.63, 3.8) is 0 Å². The highest BCUT2D eigenvalue weighted by atomic mass is 32.1. The molecule has 3 N–H and O–H groups in total. The zero-order valence-electron chi connectivity index (χ0n) is 12.1. The zero-order valence-corrected chi connectivity index (χ0v) is 13.0. The van der Waals surface area contributed by atoms with Crippen LogP contribution in [0.5, 0.6) is 0 Å². The van der Waals surface area contributed by atoms with Crippen LogP contribution in [0, 0.1) is 17.3 Å². The molecule has 0 aromatic rings. The largest absolute Gasteiger partial charge is 0.392 e. The van der Waals surface area contributed by atoms with E-state index in [4.69, 9.17) is 18.0 Å². The second-order valence-electron chi connectivity index (χ2n) is 6.14. The Kier molecular flexibility index (Phi) is 4.32. The number of hydrogen-bond acceptors (Lipinski definition) is 3. The summed E-state index contributed by atoms with van der Waals surface area (Å²) in [6.07, 6.45) is 2.95. The van der Waals surface area contributed by atoms with Gasteiger partial charge in [0.2, 0.25) is 11.8 Å². The molecule has 5 nitrogen and oxygen atoms in total. The van der Waals surface area contributed by atoms with Gasteiger partial charge in [0.15, 0.2) is 0 Å². The van der Waals surface area contributed by atoms with Crippen LogP contribution in [0.2, 0.25) is 0 Å². The highest BCUT2D eigenvalue weighted by molar-refractivity contribution is 7.80. The van der Waals surface area contributed by atoms with Gasteiger partial charge in [0.05, 0.1) is 10.4 Å². The first-order valence-corrected chi connectivity index (χ1v) is 7.62. The Morgan fingerprint density at radius 2 is 1.85 bits per heavy atom. The average molecular weight is 297 g/mol. The van der Waals surface area contributed by atoms with Crippen molar-refractivity contribution in [1.82, 2.24) is 10.2 Å². The van der Waals surface area contributed by atoms with Crippen LogP contribution in [0.25, 0.3) is 0 Å².